The van der Waals surface area contributed by atoms with Crippen LogP contribution in [0.2, 0.25) is 0 Å². The van der Waals surface area contributed by atoms with E-state index in [1.807, 2.05) is 0 Å². The molecule has 0 amide bonds. The lowest BCUT2D eigenvalue weighted by molar-refractivity contribution is -0.844. The summed E-state index contributed by atoms with van der Waals surface area (Å²) < 4.78 is 47.4. The Morgan fingerprint density at radius 1 is 1.09 bits per heavy atom. The Bertz CT molecular complexity index is 238. The lowest BCUT2D eigenvalue weighted by Gasteiger charge is -2.02. The van der Waals surface area contributed by atoms with Crippen LogP contribution in [0.1, 0.15) is 5.56 Å². The van der Waals surface area contributed by atoms with Gasteiger partial charge in [0.1, 0.15) is 0 Å². The maximum absolute atomic E-state index is 12.0. The van der Waals surface area contributed by atoms with Crippen molar-refractivity contribution in [2.45, 2.75) is 6.18 Å². The van der Waals surface area contributed by atoms with Crippen LogP contribution in [0.25, 0.3) is 0 Å². The highest BCUT2D eigenvalue weighted by atomic mass is 19.4. The van der Waals surface area contributed by atoms with Gasteiger partial charge < -0.3 is 0 Å². The fraction of sp³-hybridized carbons (Fsp3) is 0.167. The van der Waals surface area contributed by atoms with E-state index in [9.17, 15) is 17.7 Å². The molecule has 60 valence electrons. The minimum absolute atomic E-state index is 0.0508. The van der Waals surface area contributed by atoms with Gasteiger partial charge in [-0.1, -0.05) is 0 Å². The van der Waals surface area contributed by atoms with E-state index in [0.29, 0.717) is 24.5 Å². The maximum Gasteiger partial charge on any atom is 0.416 e. The van der Waals surface area contributed by atoms with Crippen molar-refractivity contribution in [3.8, 4) is 0 Å². The molecule has 0 N–H and O–H groups in total. The highest BCUT2D eigenvalue weighted by Gasteiger charge is 2.31. The van der Waals surface area contributed by atoms with Crippen molar-refractivity contribution >= 4 is 0 Å². The summed E-state index contributed by atoms with van der Waals surface area (Å²) in [4.78, 5) is 0.0508. The number of hydrogen-bond donors (Lipinski definition) is 0. The molecule has 1 aromatic rings. The van der Waals surface area contributed by atoms with Crippen LogP contribution in [-0.2, 0) is 6.18 Å². The molecular weight excluding hydrogens is 162 g/mol. The predicted octanol–water partition coefficient (Wildman–Crippen LogP) is 1.73. The molecule has 0 unspecified atom stereocenters. The molecule has 0 fully saturated rings. The lowest BCUT2D eigenvalue weighted by atomic mass is 10.3. The summed E-state index contributed by atoms with van der Waals surface area (Å²) in [5.74, 6) is 0. The van der Waals surface area contributed by atoms with Crippen LogP contribution in [-0.4, -0.2) is 0 Å². The van der Waals surface area contributed by atoms with Gasteiger partial charge in [-0.15, -0.1) is 0 Å². The predicted molar refractivity (Wildman–Crippen MR) is 28.1 cm³/mol. The average molecular weight is 166 g/mol. The molecule has 1 nitrogen and oxygen atoms in total. The Morgan fingerprint density at radius 3 is 1.91 bits per heavy atom. The topological polar surface area (TPSA) is 3.88 Å². The Hall–Kier alpha value is -1.13. The first kappa shape index (κ1) is 7.97. The molecule has 1 heterocycles. The smallest absolute Gasteiger partial charge is 0.166 e. The molecule has 5 heteroatoms. The first-order valence-electron chi connectivity index (χ1n) is 2.75. The van der Waals surface area contributed by atoms with Gasteiger partial charge in [0.2, 0.25) is 12.4 Å². The number of hydrogen-bond acceptors (Lipinski definition) is 0. The number of rotatable bonds is 0. The molecular formula is C6H4F4N+. The lowest BCUT2D eigenvalue weighted by Crippen LogP contribution is -2.21. The van der Waals surface area contributed by atoms with Crippen LogP contribution in [0.15, 0.2) is 24.5 Å². The van der Waals surface area contributed by atoms with Crippen molar-refractivity contribution in [3.05, 3.63) is 30.1 Å². The number of alkyl halides is 3. The molecule has 0 atom stereocenters. The zero-order chi connectivity index (χ0) is 8.48. The minimum Gasteiger partial charge on any atom is -0.166 e. The van der Waals surface area contributed by atoms with Crippen molar-refractivity contribution in [2.24, 2.45) is 0 Å². The Morgan fingerprint density at radius 2 is 1.55 bits per heavy atom. The molecule has 0 aliphatic rings. The second-order valence-corrected chi connectivity index (χ2v) is 1.93. The molecule has 1 aromatic heterocycles. The zero-order valence-electron chi connectivity index (χ0n) is 5.27. The van der Waals surface area contributed by atoms with Gasteiger partial charge in [-0.05, 0) is 0 Å². The summed E-state index contributed by atoms with van der Waals surface area (Å²) in [5, 5.41) is 0. The molecule has 0 aliphatic carbocycles. The van der Waals surface area contributed by atoms with Crippen LogP contribution < -0.4 is 4.79 Å². The Labute approximate surface area is 59.8 Å². The SMILES string of the molecule is F[n+]1ccc(C(F)(F)F)cc1. The van der Waals surface area contributed by atoms with Gasteiger partial charge in [-0.25, -0.2) is 0 Å². The standard InChI is InChI=1S/C6H4F4N/c7-6(8,9)5-1-3-11(10)4-2-5/h1-4H/q+1. The van der Waals surface area contributed by atoms with Gasteiger partial charge in [-0.2, -0.15) is 13.2 Å². The van der Waals surface area contributed by atoms with Crippen LogP contribution in [0.4, 0.5) is 17.7 Å². The van der Waals surface area contributed by atoms with Crippen molar-refractivity contribution in [2.75, 3.05) is 0 Å². The molecule has 11 heavy (non-hydrogen) atoms. The van der Waals surface area contributed by atoms with E-state index in [0.717, 1.165) is 0 Å². The normalized spacial score (nSPS) is 11.6. The summed E-state index contributed by atoms with van der Waals surface area (Å²) in [6.07, 6.45) is -3.00. The highest BCUT2D eigenvalue weighted by molar-refractivity contribution is 5.10. The summed E-state index contributed by atoms with van der Waals surface area (Å²) in [6, 6.07) is 1.33. The summed E-state index contributed by atoms with van der Waals surface area (Å²) in [6.45, 7) is 0. The van der Waals surface area contributed by atoms with E-state index in [1.54, 1.807) is 0 Å². The van der Waals surface area contributed by atoms with Gasteiger partial charge >= 0.3 is 6.18 Å². The molecule has 0 aromatic carbocycles. The van der Waals surface area contributed by atoms with Gasteiger partial charge in [0.25, 0.3) is 0 Å². The molecule has 0 radical (unpaired) electrons. The van der Waals surface area contributed by atoms with E-state index in [2.05, 4.69) is 0 Å². The first-order valence-corrected chi connectivity index (χ1v) is 2.75. The third-order valence-electron chi connectivity index (χ3n) is 1.12. The maximum atomic E-state index is 12.0. The van der Waals surface area contributed by atoms with E-state index in [1.165, 1.54) is 0 Å². The van der Waals surface area contributed by atoms with Crippen molar-refractivity contribution < 1.29 is 22.4 Å². The molecule has 0 aliphatic heterocycles. The number of halogens is 4. The Balaban J connectivity index is 2.99. The minimum atomic E-state index is -4.39. The highest BCUT2D eigenvalue weighted by Crippen LogP contribution is 2.27. The van der Waals surface area contributed by atoms with E-state index in [-0.39, 0.29) is 4.79 Å². The zero-order valence-corrected chi connectivity index (χ0v) is 5.27. The first-order chi connectivity index (χ1) is 5.00. The van der Waals surface area contributed by atoms with Gasteiger partial charge in [0, 0.05) is 16.9 Å². The van der Waals surface area contributed by atoms with Crippen molar-refractivity contribution in [1.29, 1.82) is 0 Å². The van der Waals surface area contributed by atoms with Gasteiger partial charge in [-0.3, -0.25) is 0 Å². The second-order valence-electron chi connectivity index (χ2n) is 1.93. The fourth-order valence-electron chi connectivity index (χ4n) is 0.597. The molecule has 0 bridgehead atoms. The quantitative estimate of drug-likeness (QED) is 0.516. The van der Waals surface area contributed by atoms with Crippen molar-refractivity contribution in [3.63, 3.8) is 0 Å². The van der Waals surface area contributed by atoms with Crippen LogP contribution in [0.5, 0.6) is 0 Å². The van der Waals surface area contributed by atoms with Crippen LogP contribution >= 0.6 is 0 Å². The van der Waals surface area contributed by atoms with E-state index >= 15 is 0 Å². The summed E-state index contributed by atoms with van der Waals surface area (Å²) >= 11 is 0. The average Bonchev–Trinajstić information content (AvgIpc) is 1.86. The third-order valence-corrected chi connectivity index (χ3v) is 1.12. The number of aromatic nitrogens is 1. The fourth-order valence-corrected chi connectivity index (χ4v) is 0.597. The van der Waals surface area contributed by atoms with E-state index in [4.69, 9.17) is 0 Å². The second kappa shape index (κ2) is 2.48. The molecule has 0 saturated heterocycles. The summed E-state index contributed by atoms with van der Waals surface area (Å²) in [5.41, 5.74) is -0.855. The molecule has 0 saturated carbocycles. The summed E-state index contributed by atoms with van der Waals surface area (Å²) in [7, 11) is 0. The van der Waals surface area contributed by atoms with E-state index < -0.39 is 11.7 Å². The third kappa shape index (κ3) is 1.89. The van der Waals surface area contributed by atoms with Gasteiger partial charge in [0.05, 0.1) is 10.0 Å². The van der Waals surface area contributed by atoms with Crippen molar-refractivity contribution in [1.82, 2.24) is 0 Å². The number of nitrogens with zero attached hydrogens (tertiary/aromatic N) is 1. The van der Waals surface area contributed by atoms with Crippen LogP contribution in [0, 0.1) is 0 Å². The van der Waals surface area contributed by atoms with Gasteiger partial charge in [0.15, 0.2) is 0 Å². The Kier molecular flexibility index (Phi) is 1.80. The molecule has 1 rings (SSSR count). The molecule has 0 spiro atoms. The monoisotopic (exact) mass is 166 g/mol. The van der Waals surface area contributed by atoms with Crippen LogP contribution in [0.3, 0.4) is 0 Å². The number of pyridine rings is 1. The largest absolute Gasteiger partial charge is 0.416 e.